The van der Waals surface area contributed by atoms with Gasteiger partial charge >= 0.3 is 0 Å². The molecule has 5 atom stereocenters. The molecule has 286 valence electrons. The second kappa shape index (κ2) is 23.3. The molecule has 0 spiro atoms. The molecule has 4 amide bonds. The Kier molecular flexibility index (Phi) is 19.7. The smallest absolute Gasteiger partial charge is 0.243 e. The first-order valence-electron chi connectivity index (χ1n) is 17.2. The second-order valence-electron chi connectivity index (χ2n) is 12.9. The Balaban J connectivity index is 2.20. The fourth-order valence-corrected chi connectivity index (χ4v) is 6.38. The van der Waals surface area contributed by atoms with Crippen LogP contribution < -0.4 is 38.1 Å². The molecule has 0 aliphatic heterocycles. The summed E-state index contributed by atoms with van der Waals surface area (Å²) in [5.74, 6) is -1.41. The van der Waals surface area contributed by atoms with Crippen LogP contribution >= 0.6 is 23.5 Å². The molecule has 11 N–H and O–H groups in total. The molecule has 0 saturated carbocycles. The fourth-order valence-electron chi connectivity index (χ4n) is 5.03. The van der Waals surface area contributed by atoms with Crippen LogP contribution in [0.25, 0.3) is 0 Å². The van der Waals surface area contributed by atoms with Gasteiger partial charge in [0.1, 0.15) is 23.9 Å². The lowest BCUT2D eigenvalue weighted by Crippen LogP contribution is -2.58. The van der Waals surface area contributed by atoms with E-state index in [4.69, 9.17) is 16.9 Å². The summed E-state index contributed by atoms with van der Waals surface area (Å²) >= 11 is 2.66. The number of thioether (sulfide) groups is 2. The molecule has 14 nitrogen and oxygen atoms in total. The van der Waals surface area contributed by atoms with Crippen LogP contribution in [-0.4, -0.2) is 88.6 Å². The van der Waals surface area contributed by atoms with Gasteiger partial charge in [-0.05, 0) is 73.8 Å². The van der Waals surface area contributed by atoms with Crippen LogP contribution in [0, 0.1) is 11.3 Å². The first-order valence-corrected chi connectivity index (χ1v) is 19.6. The van der Waals surface area contributed by atoms with Crippen molar-refractivity contribution in [2.75, 3.05) is 18.6 Å². The largest absolute Gasteiger partial charge is 0.508 e. The molecule has 2 aromatic carbocycles. The van der Waals surface area contributed by atoms with Crippen molar-refractivity contribution in [2.24, 2.45) is 17.4 Å². The van der Waals surface area contributed by atoms with Crippen molar-refractivity contribution in [3.05, 3.63) is 65.7 Å². The number of carbonyl (C=O) groups excluding carboxylic acids is 5. The number of hydrogen-bond acceptors (Lipinski definition) is 10. The Hall–Kier alpha value is -4.28. The van der Waals surface area contributed by atoms with E-state index in [-0.39, 0.29) is 42.1 Å². The highest BCUT2D eigenvalue weighted by Crippen LogP contribution is 2.17. The van der Waals surface area contributed by atoms with Crippen molar-refractivity contribution in [2.45, 2.75) is 88.8 Å². The summed E-state index contributed by atoms with van der Waals surface area (Å²) < 4.78 is 0. The summed E-state index contributed by atoms with van der Waals surface area (Å²) in [5, 5.41) is 30.5. The number of aromatic hydroxyl groups is 1. The maximum atomic E-state index is 13.8. The molecule has 0 heterocycles. The number of nitrogens with one attached hydrogen (secondary N) is 6. The van der Waals surface area contributed by atoms with Gasteiger partial charge < -0.3 is 43.2 Å². The number of benzene rings is 2. The summed E-state index contributed by atoms with van der Waals surface area (Å²) in [4.78, 5) is 66.9. The predicted molar refractivity (Wildman–Crippen MR) is 208 cm³/mol. The maximum absolute atomic E-state index is 13.8. The monoisotopic (exact) mass is 758 g/mol. The molecule has 0 fully saturated rings. The minimum Gasteiger partial charge on any atom is -0.508 e. The number of guanidine groups is 1. The molecular formula is C36H54N8O6S2. The zero-order chi connectivity index (χ0) is 38.6. The molecule has 0 aliphatic rings. The molecule has 0 aliphatic carbocycles. The van der Waals surface area contributed by atoms with Gasteiger partial charge in [-0.3, -0.25) is 29.4 Å². The SMILES string of the molecule is CSCC[C@H](NC(=O)[C@@H](C)NC(=O)[C@H](CCCNC(=N)N)NC(=O)[C@@H](Cc1ccc(O)cc1)NC(=O)[C@@H](N)CC(C)C)C(=O)SCc1ccccc1. The van der Waals surface area contributed by atoms with Crippen molar-refractivity contribution in [1.29, 1.82) is 5.41 Å². The molecule has 0 saturated heterocycles. The van der Waals surface area contributed by atoms with Gasteiger partial charge in [0.2, 0.25) is 28.7 Å². The summed E-state index contributed by atoms with van der Waals surface area (Å²) in [6.45, 7) is 5.57. The minimum absolute atomic E-state index is 0.0349. The molecular weight excluding hydrogens is 705 g/mol. The predicted octanol–water partition coefficient (Wildman–Crippen LogP) is 1.74. The van der Waals surface area contributed by atoms with Gasteiger partial charge in [0.05, 0.1) is 12.1 Å². The summed E-state index contributed by atoms with van der Waals surface area (Å²) in [7, 11) is 0. The van der Waals surface area contributed by atoms with Gasteiger partial charge in [0.15, 0.2) is 5.96 Å². The number of carbonyl (C=O) groups is 5. The van der Waals surface area contributed by atoms with Crippen molar-refractivity contribution >= 4 is 58.2 Å². The normalized spacial score (nSPS) is 13.9. The average Bonchev–Trinajstić information content (AvgIpc) is 3.10. The quantitative estimate of drug-likeness (QED) is 0.0476. The Bertz CT molecular complexity index is 1460. The second-order valence-corrected chi connectivity index (χ2v) is 14.8. The topological polar surface area (TPSA) is 242 Å². The highest BCUT2D eigenvalue weighted by molar-refractivity contribution is 8.13. The van der Waals surface area contributed by atoms with Gasteiger partial charge in [-0.15, -0.1) is 0 Å². The lowest BCUT2D eigenvalue weighted by Gasteiger charge is -2.26. The zero-order valence-corrected chi connectivity index (χ0v) is 31.9. The highest BCUT2D eigenvalue weighted by atomic mass is 32.2. The first-order chi connectivity index (χ1) is 24.7. The lowest BCUT2D eigenvalue weighted by molar-refractivity contribution is -0.134. The van der Waals surface area contributed by atoms with E-state index in [0.717, 1.165) is 17.3 Å². The number of phenolic OH excluding ortho intramolecular Hbond substituents is 1. The molecule has 2 aromatic rings. The molecule has 52 heavy (non-hydrogen) atoms. The molecule has 0 aromatic heterocycles. The van der Waals surface area contributed by atoms with E-state index in [1.807, 2.05) is 50.4 Å². The van der Waals surface area contributed by atoms with Crippen molar-refractivity contribution < 1.29 is 29.1 Å². The third-order valence-electron chi connectivity index (χ3n) is 7.88. The van der Waals surface area contributed by atoms with Crippen LogP contribution in [0.1, 0.15) is 57.6 Å². The van der Waals surface area contributed by atoms with Crippen LogP contribution in [0.5, 0.6) is 5.75 Å². The van der Waals surface area contributed by atoms with E-state index in [0.29, 0.717) is 36.3 Å². The van der Waals surface area contributed by atoms with Crippen molar-refractivity contribution in [3.8, 4) is 5.75 Å². The number of hydrogen-bond donors (Lipinski definition) is 9. The minimum atomic E-state index is -1.14. The van der Waals surface area contributed by atoms with E-state index < -0.39 is 53.8 Å². The van der Waals surface area contributed by atoms with Gasteiger partial charge in [0, 0.05) is 18.7 Å². The fraction of sp³-hybridized carbons (Fsp3) is 0.500. The number of phenols is 1. The van der Waals surface area contributed by atoms with E-state index >= 15 is 0 Å². The van der Waals surface area contributed by atoms with Crippen LogP contribution in [-0.2, 0) is 36.1 Å². The molecule has 0 bridgehead atoms. The molecule has 2 rings (SSSR count). The standard InChI is InChI=1S/C36H54N8O6S2/c1-22(2)19-27(37)32(47)44-30(20-24-12-14-26(45)15-13-24)34(49)42-28(11-8-17-40-36(38)39)33(48)41-23(3)31(46)43-29(16-18-51-4)35(50)52-21-25-9-6-5-7-10-25/h5-7,9-10,12-15,22-23,27-30,45H,8,11,16-21,37H2,1-4H3,(H,41,48)(H,42,49)(H,43,46)(H,44,47)(H4,38,39,40)/t23-,27+,28+,29+,30-/m1/s1. The van der Waals surface area contributed by atoms with Crippen molar-refractivity contribution in [3.63, 3.8) is 0 Å². The maximum Gasteiger partial charge on any atom is 0.243 e. The lowest BCUT2D eigenvalue weighted by atomic mass is 10.0. The molecule has 0 unspecified atom stereocenters. The number of amides is 4. The van der Waals surface area contributed by atoms with Crippen molar-refractivity contribution in [1.82, 2.24) is 26.6 Å². The van der Waals surface area contributed by atoms with E-state index in [1.54, 1.807) is 23.9 Å². The molecule has 16 heteroatoms. The van der Waals surface area contributed by atoms with E-state index in [1.165, 1.54) is 19.1 Å². The Labute approximate surface area is 314 Å². The first kappa shape index (κ1) is 43.9. The zero-order valence-electron chi connectivity index (χ0n) is 30.3. The Morgan fingerprint density at radius 1 is 0.788 bits per heavy atom. The Morgan fingerprint density at radius 2 is 1.40 bits per heavy atom. The van der Waals surface area contributed by atoms with Crippen LogP contribution in [0.2, 0.25) is 0 Å². The Morgan fingerprint density at radius 3 is 2.02 bits per heavy atom. The van der Waals surface area contributed by atoms with Gasteiger partial charge in [-0.25, -0.2) is 0 Å². The summed E-state index contributed by atoms with van der Waals surface area (Å²) in [6, 6.07) is 10.7. The van der Waals surface area contributed by atoms with Crippen LogP contribution in [0.15, 0.2) is 54.6 Å². The van der Waals surface area contributed by atoms with Crippen LogP contribution in [0.3, 0.4) is 0 Å². The third kappa shape index (κ3) is 16.8. The third-order valence-corrected chi connectivity index (χ3v) is 9.57. The summed E-state index contributed by atoms with van der Waals surface area (Å²) in [5.41, 5.74) is 13.1. The van der Waals surface area contributed by atoms with E-state index in [2.05, 4.69) is 26.6 Å². The average molecular weight is 759 g/mol. The molecule has 0 radical (unpaired) electrons. The van der Waals surface area contributed by atoms with Crippen LogP contribution in [0.4, 0.5) is 0 Å². The number of rotatable bonds is 22. The number of nitrogens with two attached hydrogens (primary N) is 2. The van der Waals surface area contributed by atoms with E-state index in [9.17, 15) is 29.1 Å². The highest BCUT2D eigenvalue weighted by Gasteiger charge is 2.31. The van der Waals surface area contributed by atoms with Gasteiger partial charge in [-0.2, -0.15) is 11.8 Å². The summed E-state index contributed by atoms with van der Waals surface area (Å²) in [6.07, 6.45) is 3.16. The van der Waals surface area contributed by atoms with Gasteiger partial charge in [-0.1, -0.05) is 68.1 Å². The van der Waals surface area contributed by atoms with Gasteiger partial charge in [0.25, 0.3) is 0 Å².